The first kappa shape index (κ1) is 26.4. The summed E-state index contributed by atoms with van der Waals surface area (Å²) < 4.78 is 138. The Balaban J connectivity index is 2.20. The molecule has 0 aliphatic heterocycles. The van der Waals surface area contributed by atoms with Gasteiger partial charge in [-0.05, 0) is 12.8 Å². The second kappa shape index (κ2) is 8.77. The molecule has 2 aromatic rings. The van der Waals surface area contributed by atoms with Gasteiger partial charge in [-0.2, -0.15) is 39.5 Å². The average Bonchev–Trinajstić information content (AvgIpc) is 3.16. The van der Waals surface area contributed by atoms with Crippen molar-refractivity contribution in [2.24, 2.45) is 5.92 Å². The second-order valence-corrected chi connectivity index (χ2v) is 12.6. The lowest BCUT2D eigenvalue weighted by Crippen LogP contribution is -2.64. The van der Waals surface area contributed by atoms with Gasteiger partial charge in [-0.25, -0.2) is 0 Å². The summed E-state index contributed by atoms with van der Waals surface area (Å²) in [5.74, 6) is -22.2. The Hall–Kier alpha value is -1.23. The molecule has 0 N–H and O–H groups in total. The van der Waals surface area contributed by atoms with E-state index in [-0.39, 0.29) is 17.0 Å². The summed E-state index contributed by atoms with van der Waals surface area (Å²) in [5, 5.41) is 0.0526. The minimum Gasteiger partial charge on any atom is -0.313 e. The van der Waals surface area contributed by atoms with Crippen LogP contribution in [0.25, 0.3) is 0 Å². The molecule has 2 aromatic carbocycles. The number of hydrogen-bond acceptors (Lipinski definition) is 1. The molecule has 0 amide bonds. The topological polar surface area (TPSA) is 17.1 Å². The number of benzene rings is 2. The van der Waals surface area contributed by atoms with Gasteiger partial charge in [0.2, 0.25) is 0 Å². The van der Waals surface area contributed by atoms with Crippen LogP contribution in [-0.4, -0.2) is 33.5 Å². The summed E-state index contributed by atoms with van der Waals surface area (Å²) in [7, 11) is -4.17. The molecule has 12 heteroatoms. The molecule has 1 aliphatic carbocycles. The summed E-state index contributed by atoms with van der Waals surface area (Å²) in [6, 6.07) is 14.2. The summed E-state index contributed by atoms with van der Waals surface area (Å²) in [5.41, 5.74) is -1.78. The Morgan fingerprint density at radius 3 is 1.52 bits per heavy atom. The minimum absolute atomic E-state index is 0.0263. The molecule has 1 nitrogen and oxygen atoms in total. The van der Waals surface area contributed by atoms with E-state index in [4.69, 9.17) is 0 Å². The van der Waals surface area contributed by atoms with Crippen LogP contribution in [-0.2, 0) is 4.57 Å². The molecule has 0 aromatic heterocycles. The van der Waals surface area contributed by atoms with Crippen LogP contribution in [0.5, 0.6) is 0 Å². The fourth-order valence-electron chi connectivity index (χ4n) is 4.20. The maximum absolute atomic E-state index is 15.1. The van der Waals surface area contributed by atoms with Crippen LogP contribution in [0.3, 0.4) is 0 Å². The van der Waals surface area contributed by atoms with Gasteiger partial charge in [0.15, 0.2) is 0 Å². The van der Waals surface area contributed by atoms with Crippen molar-refractivity contribution in [3.05, 3.63) is 60.7 Å². The van der Waals surface area contributed by atoms with E-state index in [2.05, 4.69) is 0 Å². The maximum atomic E-state index is 15.1. The van der Waals surface area contributed by atoms with E-state index in [1.807, 2.05) is 0 Å². The van der Waals surface area contributed by atoms with Crippen LogP contribution in [0, 0.1) is 5.92 Å². The lowest BCUT2D eigenvalue weighted by atomic mass is 9.90. The van der Waals surface area contributed by atoms with E-state index < -0.39 is 53.0 Å². The van der Waals surface area contributed by atoms with Gasteiger partial charge in [0.05, 0.1) is 0 Å². The highest BCUT2D eigenvalue weighted by Gasteiger charge is 2.83. The summed E-state index contributed by atoms with van der Waals surface area (Å²) in [4.78, 5) is 0. The van der Waals surface area contributed by atoms with Gasteiger partial charge >= 0.3 is 23.9 Å². The molecular weight excluding hydrogens is 597 g/mol. The first-order valence-electron chi connectivity index (χ1n) is 9.63. The van der Waals surface area contributed by atoms with E-state index in [9.17, 15) is 35.3 Å². The van der Waals surface area contributed by atoms with Gasteiger partial charge < -0.3 is 4.57 Å². The van der Waals surface area contributed by atoms with Gasteiger partial charge in [-0.1, -0.05) is 83.3 Å². The molecule has 33 heavy (non-hydrogen) atoms. The molecule has 0 heterocycles. The molecule has 0 saturated heterocycles. The molecular formula is C21H17F9IOP. The van der Waals surface area contributed by atoms with Crippen LogP contribution in [0.1, 0.15) is 12.8 Å². The first-order valence-corrected chi connectivity index (χ1v) is 12.7. The monoisotopic (exact) mass is 614 g/mol. The Kier molecular flexibility index (Phi) is 7.01. The molecule has 3 atom stereocenters. The SMILES string of the molecule is O=P(c1ccccc1)(c1ccccc1)[C@H]1C[C@H](I)C[C@@H]1C(F)(F)C(F)(F)C(F)(F)C(F)(F)F. The Bertz CT molecular complexity index is 968. The van der Waals surface area contributed by atoms with Crippen molar-refractivity contribution in [1.82, 2.24) is 0 Å². The van der Waals surface area contributed by atoms with Crippen molar-refractivity contribution in [3.63, 3.8) is 0 Å². The fourth-order valence-corrected chi connectivity index (χ4v) is 9.36. The lowest BCUT2D eigenvalue weighted by molar-refractivity contribution is -0.402. The molecule has 0 spiro atoms. The van der Waals surface area contributed by atoms with Crippen LogP contribution < -0.4 is 10.6 Å². The fraction of sp³-hybridized carbons (Fsp3) is 0.429. The smallest absolute Gasteiger partial charge is 0.313 e. The van der Waals surface area contributed by atoms with Gasteiger partial charge in [-0.3, -0.25) is 0 Å². The zero-order valence-electron chi connectivity index (χ0n) is 16.6. The minimum atomic E-state index is -6.99. The summed E-state index contributed by atoms with van der Waals surface area (Å²) >= 11 is 1.64. The van der Waals surface area contributed by atoms with Crippen molar-refractivity contribution in [2.45, 2.75) is 46.4 Å². The standard InChI is InChI=1S/C21H17F9IOP/c22-18(23,19(24,25)20(26,27)21(28,29)30)16-11-13(31)12-17(16)33(32,14-7-3-1-4-8-14)15-9-5-2-6-10-15/h1-10,13,16-17H,11-12H2/t13-,16+,17+/m1/s1. The van der Waals surface area contributed by atoms with E-state index in [1.54, 1.807) is 34.7 Å². The molecule has 1 fully saturated rings. The quantitative estimate of drug-likeness (QED) is 0.148. The van der Waals surface area contributed by atoms with Crippen molar-refractivity contribution in [1.29, 1.82) is 0 Å². The van der Waals surface area contributed by atoms with Gasteiger partial charge in [0.1, 0.15) is 7.14 Å². The lowest BCUT2D eigenvalue weighted by Gasteiger charge is -2.40. The zero-order valence-corrected chi connectivity index (χ0v) is 19.6. The molecule has 0 bridgehead atoms. The molecule has 1 saturated carbocycles. The Labute approximate surface area is 197 Å². The van der Waals surface area contributed by atoms with E-state index in [0.29, 0.717) is 0 Å². The Morgan fingerprint density at radius 2 is 1.12 bits per heavy atom. The van der Waals surface area contributed by atoms with Gasteiger partial charge in [0.25, 0.3) is 0 Å². The third kappa shape index (κ3) is 4.21. The Morgan fingerprint density at radius 1 is 0.697 bits per heavy atom. The van der Waals surface area contributed by atoms with Crippen LogP contribution >= 0.6 is 29.7 Å². The first-order chi connectivity index (χ1) is 15.1. The summed E-state index contributed by atoms with van der Waals surface area (Å²) in [6.07, 6.45) is -8.03. The van der Waals surface area contributed by atoms with Crippen LogP contribution in [0.4, 0.5) is 39.5 Å². The molecule has 182 valence electrons. The highest BCUT2D eigenvalue weighted by atomic mass is 127. The third-order valence-corrected chi connectivity index (χ3v) is 10.5. The zero-order chi connectivity index (χ0) is 24.9. The van der Waals surface area contributed by atoms with E-state index in [1.165, 1.54) is 48.5 Å². The average molecular weight is 614 g/mol. The predicted octanol–water partition coefficient (Wildman–Crippen LogP) is 7.05. The molecule has 1 aliphatic rings. The maximum Gasteiger partial charge on any atom is 0.460 e. The van der Waals surface area contributed by atoms with Crippen molar-refractivity contribution in [2.75, 3.05) is 0 Å². The van der Waals surface area contributed by atoms with E-state index in [0.717, 1.165) is 0 Å². The molecule has 0 radical (unpaired) electrons. The highest BCUT2D eigenvalue weighted by molar-refractivity contribution is 14.1. The molecule has 3 rings (SSSR count). The second-order valence-electron chi connectivity index (χ2n) is 7.84. The van der Waals surface area contributed by atoms with Gasteiger partial charge in [0, 0.05) is 26.1 Å². The van der Waals surface area contributed by atoms with Crippen LogP contribution in [0.15, 0.2) is 60.7 Å². The largest absolute Gasteiger partial charge is 0.460 e. The van der Waals surface area contributed by atoms with Crippen molar-refractivity contribution >= 4 is 40.3 Å². The highest BCUT2D eigenvalue weighted by Crippen LogP contribution is 2.65. The third-order valence-electron chi connectivity index (χ3n) is 5.85. The van der Waals surface area contributed by atoms with Gasteiger partial charge in [-0.15, -0.1) is 0 Å². The number of halogens is 10. The van der Waals surface area contributed by atoms with Crippen LogP contribution in [0.2, 0.25) is 0 Å². The van der Waals surface area contributed by atoms with Crippen molar-refractivity contribution < 1.29 is 44.1 Å². The predicted molar refractivity (Wildman–Crippen MR) is 115 cm³/mol. The summed E-state index contributed by atoms with van der Waals surface area (Å²) in [6.45, 7) is 0. The number of alkyl halides is 10. The number of hydrogen-bond donors (Lipinski definition) is 0. The van der Waals surface area contributed by atoms with Crippen molar-refractivity contribution in [3.8, 4) is 0 Å². The molecule has 0 unspecified atom stereocenters. The normalized spacial score (nSPS) is 23.0. The van der Waals surface area contributed by atoms with E-state index >= 15 is 8.78 Å². The number of rotatable bonds is 6.